The van der Waals surface area contributed by atoms with Crippen molar-refractivity contribution in [2.75, 3.05) is 14.2 Å². The Morgan fingerprint density at radius 1 is 1.26 bits per heavy atom. The Labute approximate surface area is 178 Å². The molecule has 1 aromatic carbocycles. The predicted molar refractivity (Wildman–Crippen MR) is 108 cm³/mol. The summed E-state index contributed by atoms with van der Waals surface area (Å²) in [4.78, 5) is 38.4. The lowest BCUT2D eigenvalue weighted by molar-refractivity contribution is 0.0573. The molecule has 0 spiro atoms. The summed E-state index contributed by atoms with van der Waals surface area (Å²) in [5.41, 5.74) is -0.283. The second-order valence-electron chi connectivity index (χ2n) is 7.52. The zero-order chi connectivity index (χ0) is 22.7. The van der Waals surface area contributed by atoms with Crippen LogP contribution in [0.4, 0.5) is 8.78 Å². The highest BCUT2D eigenvalue weighted by molar-refractivity contribution is 5.96. The summed E-state index contributed by atoms with van der Waals surface area (Å²) in [5.74, 6) is -3.04. The van der Waals surface area contributed by atoms with Gasteiger partial charge in [0.15, 0.2) is 5.43 Å². The number of hydrogen-bond donors (Lipinski definition) is 1. The van der Waals surface area contributed by atoms with Crippen molar-refractivity contribution in [2.45, 2.75) is 44.9 Å². The van der Waals surface area contributed by atoms with E-state index in [1.807, 2.05) is 0 Å². The molecule has 2 aromatic rings. The van der Waals surface area contributed by atoms with Gasteiger partial charge in [0.2, 0.25) is 0 Å². The molecule has 1 N–H and O–H groups in total. The molecule has 1 saturated carbocycles. The zero-order valence-electron chi connectivity index (χ0n) is 17.5. The summed E-state index contributed by atoms with van der Waals surface area (Å²) in [5, 5.41) is 2.50. The molecule has 0 aliphatic heterocycles. The molecule has 0 saturated heterocycles. The highest BCUT2D eigenvalue weighted by atomic mass is 19.1. The number of nitrogens with one attached hydrogen (secondary N) is 1. The number of methoxy groups -OCH3 is 2. The van der Waals surface area contributed by atoms with Crippen LogP contribution in [0.2, 0.25) is 0 Å². The van der Waals surface area contributed by atoms with E-state index in [0.717, 1.165) is 25.0 Å². The highest BCUT2D eigenvalue weighted by Gasteiger charge is 2.35. The molecule has 31 heavy (non-hydrogen) atoms. The van der Waals surface area contributed by atoms with E-state index in [1.54, 1.807) is 6.92 Å². The van der Waals surface area contributed by atoms with Gasteiger partial charge in [-0.15, -0.1) is 0 Å². The number of rotatable bonds is 8. The van der Waals surface area contributed by atoms with Gasteiger partial charge in [0, 0.05) is 43.6 Å². The molecule has 7 nitrogen and oxygen atoms in total. The van der Waals surface area contributed by atoms with Crippen LogP contribution < -0.4 is 10.7 Å². The number of halogens is 2. The van der Waals surface area contributed by atoms with Crippen LogP contribution in [0.5, 0.6) is 0 Å². The summed E-state index contributed by atoms with van der Waals surface area (Å²) in [6.07, 6.45) is 2.45. The van der Waals surface area contributed by atoms with Gasteiger partial charge < -0.3 is 19.4 Å². The van der Waals surface area contributed by atoms with Crippen molar-refractivity contribution in [1.82, 2.24) is 9.88 Å². The van der Waals surface area contributed by atoms with Crippen LogP contribution in [0.15, 0.2) is 29.2 Å². The second-order valence-corrected chi connectivity index (χ2v) is 7.52. The van der Waals surface area contributed by atoms with Crippen LogP contribution in [-0.4, -0.2) is 36.8 Å². The average Bonchev–Trinajstić information content (AvgIpc) is 3.58. The number of benzene rings is 1. The van der Waals surface area contributed by atoms with E-state index < -0.39 is 28.9 Å². The van der Waals surface area contributed by atoms with Gasteiger partial charge >= 0.3 is 5.97 Å². The summed E-state index contributed by atoms with van der Waals surface area (Å²) >= 11 is 0. The number of hydrogen-bond acceptors (Lipinski definition) is 5. The zero-order valence-corrected chi connectivity index (χ0v) is 17.5. The maximum absolute atomic E-state index is 13.9. The molecular formula is C22H24F2N2O5. The summed E-state index contributed by atoms with van der Waals surface area (Å²) in [7, 11) is 2.74. The van der Waals surface area contributed by atoms with Crippen LogP contribution in [0.3, 0.4) is 0 Å². The Balaban J connectivity index is 1.99. The molecule has 0 radical (unpaired) electrons. The molecule has 1 unspecified atom stereocenters. The minimum Gasteiger partial charge on any atom is -0.464 e. The van der Waals surface area contributed by atoms with Crippen LogP contribution in [0.1, 0.15) is 57.7 Å². The topological polar surface area (TPSA) is 86.6 Å². The lowest BCUT2D eigenvalue weighted by atomic mass is 10.0. The van der Waals surface area contributed by atoms with Crippen molar-refractivity contribution in [1.29, 1.82) is 0 Å². The van der Waals surface area contributed by atoms with Crippen molar-refractivity contribution >= 4 is 11.9 Å². The van der Waals surface area contributed by atoms with Crippen LogP contribution in [0, 0.1) is 11.6 Å². The van der Waals surface area contributed by atoms with Gasteiger partial charge in [0.25, 0.3) is 5.91 Å². The van der Waals surface area contributed by atoms with Crippen molar-refractivity contribution in [3.05, 3.63) is 68.6 Å². The van der Waals surface area contributed by atoms with Crippen LogP contribution >= 0.6 is 0 Å². The van der Waals surface area contributed by atoms with Gasteiger partial charge in [0.1, 0.15) is 22.9 Å². The third-order valence-corrected chi connectivity index (χ3v) is 5.24. The summed E-state index contributed by atoms with van der Waals surface area (Å²) in [6, 6.07) is 3.02. The minimum atomic E-state index is -0.800. The number of carbonyl (C=O) groups is 2. The van der Waals surface area contributed by atoms with E-state index in [-0.39, 0.29) is 47.5 Å². The fourth-order valence-corrected chi connectivity index (χ4v) is 3.35. The van der Waals surface area contributed by atoms with Crippen LogP contribution in [0.25, 0.3) is 0 Å². The third-order valence-electron chi connectivity index (χ3n) is 5.24. The second kappa shape index (κ2) is 9.38. The molecule has 1 heterocycles. The number of amides is 1. The molecule has 1 atom stereocenters. The Hall–Kier alpha value is -3.07. The van der Waals surface area contributed by atoms with Crippen molar-refractivity contribution in [2.24, 2.45) is 0 Å². The van der Waals surface area contributed by atoms with Gasteiger partial charge in [-0.2, -0.15) is 0 Å². The minimum absolute atomic E-state index is 0.0803. The smallest absolute Gasteiger partial charge is 0.355 e. The van der Waals surface area contributed by atoms with E-state index in [2.05, 4.69) is 5.32 Å². The summed E-state index contributed by atoms with van der Waals surface area (Å²) < 4.78 is 38.6. The Kier molecular flexibility index (Phi) is 6.84. The lowest BCUT2D eigenvalue weighted by Gasteiger charge is -2.20. The molecule has 1 amide bonds. The van der Waals surface area contributed by atoms with E-state index in [1.165, 1.54) is 31.0 Å². The quantitative estimate of drug-likeness (QED) is 0.646. The molecule has 1 aromatic heterocycles. The van der Waals surface area contributed by atoms with Crippen molar-refractivity contribution in [3.8, 4) is 0 Å². The average molecular weight is 434 g/mol. The largest absolute Gasteiger partial charge is 0.464 e. The van der Waals surface area contributed by atoms with Crippen molar-refractivity contribution in [3.63, 3.8) is 0 Å². The van der Waals surface area contributed by atoms with E-state index >= 15 is 0 Å². The molecule has 9 heteroatoms. The number of nitrogens with zero attached hydrogens (tertiary/aromatic N) is 1. The molecule has 1 aliphatic rings. The first kappa shape index (κ1) is 22.6. The molecular weight excluding hydrogens is 410 g/mol. The van der Waals surface area contributed by atoms with Crippen molar-refractivity contribution < 1.29 is 27.8 Å². The number of pyridine rings is 1. The first-order chi connectivity index (χ1) is 14.8. The Morgan fingerprint density at radius 3 is 2.55 bits per heavy atom. The van der Waals surface area contributed by atoms with E-state index in [4.69, 9.17) is 9.47 Å². The van der Waals surface area contributed by atoms with Gasteiger partial charge in [-0.25, -0.2) is 13.6 Å². The monoisotopic (exact) mass is 434 g/mol. The molecule has 166 valence electrons. The van der Waals surface area contributed by atoms with Gasteiger partial charge in [0.05, 0.1) is 13.2 Å². The Morgan fingerprint density at radius 2 is 1.97 bits per heavy atom. The molecule has 3 rings (SSSR count). The molecule has 0 bridgehead atoms. The number of aromatic nitrogens is 1. The SMILES string of the molecule is COC(=O)c1c(C2CC2)c(=O)c(C(=O)NCc2ccc(F)cc2F)cn1CC(C)OC. The third kappa shape index (κ3) is 4.99. The maximum Gasteiger partial charge on any atom is 0.355 e. The first-order valence-corrected chi connectivity index (χ1v) is 9.87. The molecule has 1 fully saturated rings. The molecule has 1 aliphatic carbocycles. The first-order valence-electron chi connectivity index (χ1n) is 9.87. The Bertz CT molecular complexity index is 1060. The number of carbonyl (C=O) groups excluding carboxylic acids is 2. The predicted octanol–water partition coefficient (Wildman–Crippen LogP) is 2.76. The van der Waals surface area contributed by atoms with E-state index in [9.17, 15) is 23.2 Å². The maximum atomic E-state index is 13.9. The van der Waals surface area contributed by atoms with Gasteiger partial charge in [-0.1, -0.05) is 6.07 Å². The fraction of sp³-hybridized carbons (Fsp3) is 0.409. The normalized spacial score (nSPS) is 14.2. The number of esters is 1. The highest BCUT2D eigenvalue weighted by Crippen LogP contribution is 2.40. The van der Waals surface area contributed by atoms with Gasteiger partial charge in [-0.3, -0.25) is 9.59 Å². The van der Waals surface area contributed by atoms with Crippen LogP contribution in [-0.2, 0) is 22.6 Å². The van der Waals surface area contributed by atoms with E-state index in [0.29, 0.717) is 0 Å². The summed E-state index contributed by atoms with van der Waals surface area (Å²) in [6.45, 7) is 1.77. The fourth-order valence-electron chi connectivity index (χ4n) is 3.35. The lowest BCUT2D eigenvalue weighted by Crippen LogP contribution is -2.34. The number of ether oxygens (including phenoxy) is 2. The standard InChI is InChI=1S/C22H24F2N2O5/c1-12(30-2)10-26-11-16(20(27)18(13-4-5-13)19(26)22(29)31-3)21(28)25-9-14-6-7-15(23)8-17(14)24/h6-8,11-13H,4-5,9-10H2,1-3H3,(H,25,28). The van der Waals surface area contributed by atoms with Gasteiger partial charge in [-0.05, 0) is 31.7 Å².